The van der Waals surface area contributed by atoms with Crippen molar-refractivity contribution in [2.75, 3.05) is 0 Å². The van der Waals surface area contributed by atoms with Gasteiger partial charge in [0.25, 0.3) is 5.69 Å². The van der Waals surface area contributed by atoms with E-state index in [1.165, 1.54) is 24.3 Å². The van der Waals surface area contributed by atoms with Gasteiger partial charge in [0, 0.05) is 10.5 Å². The van der Waals surface area contributed by atoms with Crippen molar-refractivity contribution in [3.8, 4) is 11.6 Å². The predicted molar refractivity (Wildman–Crippen MR) is 80.1 cm³/mol. The molecule has 9 heteroatoms. The molecule has 1 aromatic heterocycles. The summed E-state index contributed by atoms with van der Waals surface area (Å²) >= 11 is 20.6. The molecule has 20 heavy (non-hydrogen) atoms. The van der Waals surface area contributed by atoms with Crippen LogP contribution in [0.1, 0.15) is 0 Å². The van der Waals surface area contributed by atoms with E-state index in [4.69, 9.17) is 39.5 Å². The van der Waals surface area contributed by atoms with E-state index in [9.17, 15) is 10.1 Å². The molecular weight excluding hydrogens is 394 g/mol. The summed E-state index contributed by atoms with van der Waals surface area (Å²) in [6, 6.07) is 5.50. The van der Waals surface area contributed by atoms with Gasteiger partial charge in [0.15, 0.2) is 5.15 Å². The second-order valence-corrected chi connectivity index (χ2v) is 5.64. The molecule has 0 radical (unpaired) electrons. The Labute approximate surface area is 136 Å². The van der Waals surface area contributed by atoms with Crippen LogP contribution in [0.5, 0.6) is 11.6 Å². The van der Waals surface area contributed by atoms with Crippen LogP contribution in [0.4, 0.5) is 5.69 Å². The topological polar surface area (TPSA) is 65.3 Å². The molecule has 0 aliphatic carbocycles. The molecule has 1 aromatic carbocycles. The molecule has 2 rings (SSSR count). The van der Waals surface area contributed by atoms with Gasteiger partial charge in [-0.1, -0.05) is 50.7 Å². The van der Waals surface area contributed by atoms with Crippen molar-refractivity contribution in [2.45, 2.75) is 0 Å². The van der Waals surface area contributed by atoms with Crippen LogP contribution in [-0.4, -0.2) is 9.91 Å². The van der Waals surface area contributed by atoms with Gasteiger partial charge >= 0.3 is 0 Å². The lowest BCUT2D eigenvalue weighted by atomic mass is 10.3. The van der Waals surface area contributed by atoms with Crippen LogP contribution in [0.15, 0.2) is 28.7 Å². The Morgan fingerprint density at radius 3 is 2.50 bits per heavy atom. The Morgan fingerprint density at radius 2 is 1.85 bits per heavy atom. The summed E-state index contributed by atoms with van der Waals surface area (Å²) in [6.07, 6.45) is 0. The van der Waals surface area contributed by atoms with E-state index in [2.05, 4.69) is 20.9 Å². The van der Waals surface area contributed by atoms with Crippen LogP contribution in [0.3, 0.4) is 0 Å². The van der Waals surface area contributed by atoms with Crippen molar-refractivity contribution in [3.63, 3.8) is 0 Å². The number of pyridine rings is 1. The van der Waals surface area contributed by atoms with Gasteiger partial charge in [0.1, 0.15) is 10.8 Å². The lowest BCUT2D eigenvalue weighted by Gasteiger charge is -2.08. The van der Waals surface area contributed by atoms with E-state index < -0.39 is 4.92 Å². The summed E-state index contributed by atoms with van der Waals surface area (Å²) in [5.41, 5.74) is -0.134. The zero-order valence-electron chi connectivity index (χ0n) is 9.44. The molecule has 0 unspecified atom stereocenters. The molecule has 2 aromatic rings. The predicted octanol–water partition coefficient (Wildman–Crippen LogP) is 5.50. The van der Waals surface area contributed by atoms with Gasteiger partial charge in [0.2, 0.25) is 5.88 Å². The molecule has 0 amide bonds. The number of non-ortho nitro benzene ring substituents is 1. The van der Waals surface area contributed by atoms with Gasteiger partial charge in [-0.05, 0) is 12.1 Å². The van der Waals surface area contributed by atoms with Crippen molar-refractivity contribution in [1.82, 2.24) is 4.98 Å². The maximum atomic E-state index is 10.8. The third-order valence-corrected chi connectivity index (χ3v) is 3.54. The van der Waals surface area contributed by atoms with Crippen LogP contribution in [0.2, 0.25) is 15.2 Å². The lowest BCUT2D eigenvalue weighted by molar-refractivity contribution is -0.385. The van der Waals surface area contributed by atoms with Gasteiger partial charge < -0.3 is 4.74 Å². The first kappa shape index (κ1) is 15.3. The maximum Gasteiger partial charge on any atom is 0.274 e. The highest BCUT2D eigenvalue weighted by molar-refractivity contribution is 9.10. The first-order valence-corrected chi connectivity index (χ1v) is 6.94. The molecule has 104 valence electrons. The summed E-state index contributed by atoms with van der Waals surface area (Å²) in [4.78, 5) is 14.1. The fourth-order valence-corrected chi connectivity index (χ4v) is 2.31. The molecule has 0 spiro atoms. The Kier molecular flexibility index (Phi) is 4.70. The van der Waals surface area contributed by atoms with Gasteiger partial charge in [0.05, 0.1) is 16.0 Å². The highest BCUT2D eigenvalue weighted by Crippen LogP contribution is 2.35. The average Bonchev–Trinajstić information content (AvgIpc) is 2.35. The fourth-order valence-electron chi connectivity index (χ4n) is 1.32. The van der Waals surface area contributed by atoms with Crippen molar-refractivity contribution >= 4 is 56.4 Å². The molecule has 0 bridgehead atoms. The highest BCUT2D eigenvalue weighted by Gasteiger charge is 2.14. The summed E-state index contributed by atoms with van der Waals surface area (Å²) in [5.74, 6) is 0.201. The number of nitro benzene ring substituents is 1. The number of aromatic nitrogens is 1. The summed E-state index contributed by atoms with van der Waals surface area (Å²) in [7, 11) is 0. The number of hydrogen-bond acceptors (Lipinski definition) is 4. The van der Waals surface area contributed by atoms with Gasteiger partial charge in [-0.15, -0.1) is 0 Å². The van der Waals surface area contributed by atoms with Crippen LogP contribution < -0.4 is 4.74 Å². The summed E-state index contributed by atoms with van der Waals surface area (Å²) < 4.78 is 5.88. The van der Waals surface area contributed by atoms with Crippen LogP contribution >= 0.6 is 50.7 Å². The number of benzene rings is 1. The molecule has 0 saturated heterocycles. The monoisotopic (exact) mass is 396 g/mol. The number of nitrogens with zero attached hydrogens (tertiary/aromatic N) is 2. The lowest BCUT2D eigenvalue weighted by Crippen LogP contribution is -1.93. The molecule has 0 atom stereocenters. The fraction of sp³-hybridized carbons (Fsp3) is 0. The minimum Gasteiger partial charge on any atom is -0.437 e. The molecule has 0 aliphatic rings. The Bertz CT molecular complexity index is 697. The minimum absolute atomic E-state index is 0.00784. The maximum absolute atomic E-state index is 10.8. The van der Waals surface area contributed by atoms with E-state index in [1.54, 1.807) is 0 Å². The van der Waals surface area contributed by atoms with Crippen molar-refractivity contribution in [1.29, 1.82) is 0 Å². The largest absolute Gasteiger partial charge is 0.437 e. The zero-order chi connectivity index (χ0) is 14.9. The Hall–Kier alpha value is -1.08. The molecule has 0 N–H and O–H groups in total. The first-order chi connectivity index (χ1) is 9.36. The number of ether oxygens (including phenoxy) is 1. The van der Waals surface area contributed by atoms with E-state index in [0.717, 1.165) is 0 Å². The number of hydrogen-bond donors (Lipinski definition) is 0. The molecular formula is C11H4BrCl3N2O3. The van der Waals surface area contributed by atoms with Crippen molar-refractivity contribution < 1.29 is 9.66 Å². The molecule has 0 saturated carbocycles. The Balaban J connectivity index is 2.40. The number of halogens is 4. The van der Waals surface area contributed by atoms with E-state index in [-0.39, 0.29) is 32.5 Å². The van der Waals surface area contributed by atoms with Crippen molar-refractivity contribution in [2.24, 2.45) is 0 Å². The highest BCUT2D eigenvalue weighted by atomic mass is 79.9. The average molecular weight is 398 g/mol. The van der Waals surface area contributed by atoms with Gasteiger partial charge in [-0.3, -0.25) is 10.1 Å². The Morgan fingerprint density at radius 1 is 1.15 bits per heavy atom. The van der Waals surface area contributed by atoms with E-state index >= 15 is 0 Å². The molecule has 0 fully saturated rings. The van der Waals surface area contributed by atoms with Crippen molar-refractivity contribution in [3.05, 3.63) is 54.1 Å². The zero-order valence-corrected chi connectivity index (χ0v) is 13.3. The van der Waals surface area contributed by atoms with E-state index in [0.29, 0.717) is 4.47 Å². The standard InChI is InChI=1S/C11H4BrCl3N2O3/c12-5-1-6(17(18)19)3-7(2-5)20-11-9(14)4-8(13)10(15)16-11/h1-4H. The molecule has 1 heterocycles. The van der Waals surface area contributed by atoms with Crippen LogP contribution in [0.25, 0.3) is 0 Å². The first-order valence-electron chi connectivity index (χ1n) is 5.01. The number of nitro groups is 1. The van der Waals surface area contributed by atoms with Gasteiger partial charge in [-0.25, -0.2) is 0 Å². The number of rotatable bonds is 3. The molecule has 5 nitrogen and oxygen atoms in total. The third kappa shape index (κ3) is 3.52. The smallest absolute Gasteiger partial charge is 0.274 e. The van der Waals surface area contributed by atoms with Crippen LogP contribution in [0, 0.1) is 10.1 Å². The summed E-state index contributed by atoms with van der Waals surface area (Å²) in [5, 5.41) is 11.1. The summed E-state index contributed by atoms with van der Waals surface area (Å²) in [6.45, 7) is 0. The normalized spacial score (nSPS) is 10.4. The quantitative estimate of drug-likeness (QED) is 0.389. The minimum atomic E-state index is -0.540. The van der Waals surface area contributed by atoms with E-state index in [1.807, 2.05) is 0 Å². The third-order valence-electron chi connectivity index (χ3n) is 2.14. The second kappa shape index (κ2) is 6.13. The second-order valence-electron chi connectivity index (χ2n) is 3.55. The molecule has 0 aliphatic heterocycles. The SMILES string of the molecule is O=[N+]([O-])c1cc(Br)cc(Oc2nc(Cl)c(Cl)cc2Cl)c1. The van der Waals surface area contributed by atoms with Crippen LogP contribution in [-0.2, 0) is 0 Å². The van der Waals surface area contributed by atoms with Gasteiger partial charge in [-0.2, -0.15) is 4.98 Å².